The topological polar surface area (TPSA) is 67.4 Å². The zero-order valence-corrected chi connectivity index (χ0v) is 19.9. The highest BCUT2D eigenvalue weighted by Gasteiger charge is 2.25. The van der Waals surface area contributed by atoms with Gasteiger partial charge in [0.1, 0.15) is 11.6 Å². The highest BCUT2D eigenvalue weighted by molar-refractivity contribution is 8.77. The van der Waals surface area contributed by atoms with Crippen molar-refractivity contribution in [1.29, 1.82) is 0 Å². The second-order valence-corrected chi connectivity index (χ2v) is 11.9. The Bertz CT molecular complexity index is 432. The largest absolute Gasteiger partial charge is 0.444 e. The van der Waals surface area contributed by atoms with Crippen molar-refractivity contribution in [3.8, 4) is 0 Å². The van der Waals surface area contributed by atoms with Crippen molar-refractivity contribution in [2.75, 3.05) is 12.3 Å². The number of carbonyl (C=O) groups excluding carboxylic acids is 2. The van der Waals surface area contributed by atoms with Gasteiger partial charge in [-0.15, -0.1) is 0 Å². The predicted molar refractivity (Wildman–Crippen MR) is 119 cm³/mol. The van der Waals surface area contributed by atoms with E-state index in [2.05, 4.69) is 38.3 Å². The third-order valence-corrected chi connectivity index (χ3v) is 6.73. The maximum absolute atomic E-state index is 12.5. The van der Waals surface area contributed by atoms with Gasteiger partial charge in [-0.1, -0.05) is 81.4 Å². The maximum Gasteiger partial charge on any atom is 0.408 e. The number of nitrogens with one attached hydrogen (secondary N) is 2. The number of unbranched alkanes of at least 4 members (excludes halogenated alkanes) is 5. The second-order valence-electron chi connectivity index (χ2n) is 8.74. The van der Waals surface area contributed by atoms with Crippen molar-refractivity contribution in [1.82, 2.24) is 10.6 Å². The molecule has 0 heterocycles. The molecule has 1 unspecified atom stereocenters. The van der Waals surface area contributed by atoms with Gasteiger partial charge in [-0.05, 0) is 27.2 Å². The fourth-order valence-corrected chi connectivity index (χ4v) is 4.62. The first-order valence-electron chi connectivity index (χ1n) is 10.0. The lowest BCUT2D eigenvalue weighted by atomic mass is 10.1. The highest BCUT2D eigenvalue weighted by atomic mass is 33.1. The van der Waals surface area contributed by atoms with Gasteiger partial charge in [-0.25, -0.2) is 4.79 Å². The molecular formula is C20H40N2O3S2. The lowest BCUT2D eigenvalue weighted by Gasteiger charge is -2.24. The number of ether oxygens (including phenoxy) is 1. The maximum atomic E-state index is 12.5. The minimum Gasteiger partial charge on any atom is -0.444 e. The molecule has 0 aliphatic rings. The smallest absolute Gasteiger partial charge is 0.408 e. The van der Waals surface area contributed by atoms with Gasteiger partial charge in [0, 0.05) is 17.0 Å². The fraction of sp³-hybridized carbons (Fsp3) is 0.900. The highest BCUT2D eigenvalue weighted by Crippen LogP contribution is 2.35. The van der Waals surface area contributed by atoms with E-state index >= 15 is 0 Å². The number of amides is 2. The molecule has 0 saturated heterocycles. The third kappa shape index (κ3) is 17.3. The molecule has 0 spiro atoms. The third-order valence-electron chi connectivity index (χ3n) is 3.38. The first-order chi connectivity index (χ1) is 12.4. The van der Waals surface area contributed by atoms with E-state index in [1.807, 2.05) is 20.8 Å². The van der Waals surface area contributed by atoms with Crippen LogP contribution >= 0.6 is 21.6 Å². The molecule has 0 aromatic rings. The number of carbonyl (C=O) groups is 2. The van der Waals surface area contributed by atoms with Crippen molar-refractivity contribution in [3.05, 3.63) is 0 Å². The van der Waals surface area contributed by atoms with E-state index in [9.17, 15) is 9.59 Å². The van der Waals surface area contributed by atoms with Gasteiger partial charge in [-0.2, -0.15) is 0 Å². The molecule has 2 amide bonds. The van der Waals surface area contributed by atoms with Gasteiger partial charge in [-0.3, -0.25) is 4.79 Å². The van der Waals surface area contributed by atoms with E-state index in [0.717, 1.165) is 12.8 Å². The second kappa shape index (κ2) is 13.6. The van der Waals surface area contributed by atoms with Crippen LogP contribution in [-0.4, -0.2) is 40.7 Å². The van der Waals surface area contributed by atoms with Crippen molar-refractivity contribution >= 4 is 33.6 Å². The Labute approximate surface area is 174 Å². The molecule has 27 heavy (non-hydrogen) atoms. The van der Waals surface area contributed by atoms with E-state index in [-0.39, 0.29) is 10.7 Å². The van der Waals surface area contributed by atoms with E-state index in [4.69, 9.17) is 4.74 Å². The number of rotatable bonds is 12. The summed E-state index contributed by atoms with van der Waals surface area (Å²) in [6.45, 7) is 14.7. The lowest BCUT2D eigenvalue weighted by Crippen LogP contribution is -2.49. The Balaban J connectivity index is 4.44. The Morgan fingerprint density at radius 2 is 1.56 bits per heavy atom. The van der Waals surface area contributed by atoms with Gasteiger partial charge in [0.25, 0.3) is 0 Å². The summed E-state index contributed by atoms with van der Waals surface area (Å²) in [7, 11) is 3.30. The zero-order chi connectivity index (χ0) is 20.9. The number of alkyl carbamates (subject to hydrolysis) is 1. The first kappa shape index (κ1) is 26.4. The summed E-state index contributed by atoms with van der Waals surface area (Å²) in [4.78, 5) is 24.6. The molecule has 160 valence electrons. The van der Waals surface area contributed by atoms with Crippen molar-refractivity contribution in [2.45, 2.75) is 103 Å². The minimum absolute atomic E-state index is 0.0934. The molecule has 0 aromatic carbocycles. The van der Waals surface area contributed by atoms with Crippen LogP contribution in [0.4, 0.5) is 4.79 Å². The van der Waals surface area contributed by atoms with Crippen molar-refractivity contribution < 1.29 is 14.3 Å². The van der Waals surface area contributed by atoms with E-state index in [1.165, 1.54) is 25.7 Å². The molecule has 7 heteroatoms. The summed E-state index contributed by atoms with van der Waals surface area (Å²) in [6.07, 6.45) is 6.52. The summed E-state index contributed by atoms with van der Waals surface area (Å²) < 4.78 is 5.39. The van der Waals surface area contributed by atoms with Crippen LogP contribution < -0.4 is 10.6 Å². The van der Waals surface area contributed by atoms with Crippen LogP contribution in [0.1, 0.15) is 87.0 Å². The average molecular weight is 421 g/mol. The molecule has 0 bridgehead atoms. The molecular weight excluding hydrogens is 380 g/mol. The van der Waals surface area contributed by atoms with Crippen LogP contribution in [0.25, 0.3) is 0 Å². The Morgan fingerprint density at radius 3 is 2.11 bits per heavy atom. The standard InChI is InChI=1S/C20H40N2O3S2/c1-8-9-10-11-12-13-14-21-17(23)16(15-26-27-20(5,6)7)22-18(24)25-19(2,3)4/h16H,8-15H2,1-7H3,(H,21,23)(H,22,24). The normalized spacial score (nSPS) is 13.1. The molecule has 0 aliphatic carbocycles. The molecule has 2 N–H and O–H groups in total. The summed E-state index contributed by atoms with van der Waals surface area (Å²) >= 11 is 0. The SMILES string of the molecule is CCCCCCCCNC(=O)C(CSSC(C)(C)C)NC(=O)OC(C)(C)C. The number of hydrogen-bond donors (Lipinski definition) is 2. The van der Waals surface area contributed by atoms with Crippen LogP contribution in [0.3, 0.4) is 0 Å². The van der Waals surface area contributed by atoms with Crippen LogP contribution in [0.2, 0.25) is 0 Å². The van der Waals surface area contributed by atoms with Crippen LogP contribution in [0.5, 0.6) is 0 Å². The molecule has 1 atom stereocenters. The Hall–Kier alpha value is -0.560. The molecule has 0 saturated carbocycles. The van der Waals surface area contributed by atoms with Gasteiger partial charge < -0.3 is 15.4 Å². The van der Waals surface area contributed by atoms with E-state index in [0.29, 0.717) is 12.3 Å². The average Bonchev–Trinajstić information content (AvgIpc) is 2.50. The quantitative estimate of drug-likeness (QED) is 0.321. The van der Waals surface area contributed by atoms with Crippen molar-refractivity contribution in [3.63, 3.8) is 0 Å². The van der Waals surface area contributed by atoms with Crippen LogP contribution in [-0.2, 0) is 9.53 Å². The van der Waals surface area contributed by atoms with Crippen LogP contribution in [0, 0.1) is 0 Å². The minimum atomic E-state index is -0.597. The summed E-state index contributed by atoms with van der Waals surface area (Å²) in [5.41, 5.74) is -0.586. The molecule has 0 aromatic heterocycles. The van der Waals surface area contributed by atoms with Crippen molar-refractivity contribution in [2.24, 2.45) is 0 Å². The Morgan fingerprint density at radius 1 is 0.963 bits per heavy atom. The lowest BCUT2D eigenvalue weighted by molar-refractivity contribution is -0.122. The van der Waals surface area contributed by atoms with E-state index < -0.39 is 17.7 Å². The zero-order valence-electron chi connectivity index (χ0n) is 18.3. The van der Waals surface area contributed by atoms with Gasteiger partial charge >= 0.3 is 6.09 Å². The monoisotopic (exact) mass is 420 g/mol. The van der Waals surface area contributed by atoms with Gasteiger partial charge in [0.15, 0.2) is 0 Å². The number of hydrogen-bond acceptors (Lipinski definition) is 5. The fourth-order valence-electron chi connectivity index (χ4n) is 2.15. The predicted octanol–water partition coefficient (Wildman–Crippen LogP) is 5.54. The summed E-state index contributed by atoms with van der Waals surface area (Å²) in [5.74, 6) is 0.361. The summed E-state index contributed by atoms with van der Waals surface area (Å²) in [6, 6.07) is -0.597. The van der Waals surface area contributed by atoms with Crippen LogP contribution in [0.15, 0.2) is 0 Å². The molecule has 0 rings (SSSR count). The Kier molecular flexibility index (Phi) is 13.3. The van der Waals surface area contributed by atoms with Gasteiger partial charge in [0.05, 0.1) is 0 Å². The molecule has 0 aliphatic heterocycles. The van der Waals surface area contributed by atoms with E-state index in [1.54, 1.807) is 21.6 Å². The van der Waals surface area contributed by atoms with Gasteiger partial charge in [0.2, 0.25) is 5.91 Å². The molecule has 0 fully saturated rings. The molecule has 0 radical (unpaired) electrons. The first-order valence-corrected chi connectivity index (χ1v) is 12.3. The molecule has 5 nitrogen and oxygen atoms in total. The summed E-state index contributed by atoms with van der Waals surface area (Å²) in [5, 5.41) is 5.68.